The predicted molar refractivity (Wildman–Crippen MR) is 104 cm³/mol. The van der Waals surface area contributed by atoms with Gasteiger partial charge in [0.05, 0.1) is 6.20 Å². The lowest BCUT2D eigenvalue weighted by molar-refractivity contribution is 0.102. The molecule has 0 radical (unpaired) electrons. The van der Waals surface area contributed by atoms with Gasteiger partial charge in [-0.2, -0.15) is 4.98 Å². The molecule has 4 aromatic rings. The van der Waals surface area contributed by atoms with Crippen LogP contribution in [0.4, 0.5) is 5.69 Å². The third-order valence-corrected chi connectivity index (χ3v) is 5.02. The lowest BCUT2D eigenvalue weighted by Gasteiger charge is -2.09. The lowest BCUT2D eigenvalue weighted by atomic mass is 10.1. The number of carbonyl (C=O) groups excluding carboxylic acids is 1. The second-order valence-corrected chi connectivity index (χ2v) is 7.22. The highest BCUT2D eigenvalue weighted by molar-refractivity contribution is 6.04. The van der Waals surface area contributed by atoms with Gasteiger partial charge in [0.25, 0.3) is 5.91 Å². The van der Waals surface area contributed by atoms with E-state index in [1.165, 1.54) is 12.8 Å². The zero-order valence-corrected chi connectivity index (χ0v) is 15.4. The minimum Gasteiger partial charge on any atom is -0.339 e. The van der Waals surface area contributed by atoms with E-state index in [2.05, 4.69) is 20.4 Å². The normalized spacial score (nSPS) is 13.8. The molecule has 1 amide bonds. The Morgan fingerprint density at radius 3 is 3.04 bits per heavy atom. The molecule has 1 fully saturated rings. The number of carbonyl (C=O) groups is 1. The zero-order valence-electron chi connectivity index (χ0n) is 15.4. The van der Waals surface area contributed by atoms with Crippen LogP contribution < -0.4 is 5.32 Å². The second-order valence-electron chi connectivity index (χ2n) is 7.22. The number of amides is 1. The molecule has 0 saturated heterocycles. The first kappa shape index (κ1) is 16.7. The van der Waals surface area contributed by atoms with E-state index < -0.39 is 0 Å². The van der Waals surface area contributed by atoms with E-state index >= 15 is 0 Å². The number of hydrogen-bond acceptors (Lipinski definition) is 5. The molecule has 1 N–H and O–H groups in total. The fourth-order valence-corrected chi connectivity index (χ4v) is 3.21. The van der Waals surface area contributed by atoms with Gasteiger partial charge < -0.3 is 9.84 Å². The Labute approximate surface area is 161 Å². The Kier molecular flexibility index (Phi) is 3.93. The molecule has 0 spiro atoms. The van der Waals surface area contributed by atoms with Crippen LogP contribution in [-0.4, -0.2) is 25.4 Å². The number of fused-ring (bicyclic) bond motifs is 1. The van der Waals surface area contributed by atoms with Crippen LogP contribution in [0.1, 0.15) is 34.8 Å². The average Bonchev–Trinajstić information content (AvgIpc) is 3.22. The molecule has 3 heterocycles. The van der Waals surface area contributed by atoms with E-state index in [0.717, 1.165) is 23.2 Å². The summed E-state index contributed by atoms with van der Waals surface area (Å²) in [5.41, 5.74) is 3.68. The molecule has 3 aromatic heterocycles. The molecule has 5 rings (SSSR count). The molecule has 1 aromatic carbocycles. The summed E-state index contributed by atoms with van der Waals surface area (Å²) >= 11 is 0. The van der Waals surface area contributed by atoms with Crippen LogP contribution in [0, 0.1) is 12.8 Å². The van der Waals surface area contributed by atoms with Crippen molar-refractivity contribution in [2.45, 2.75) is 26.2 Å². The van der Waals surface area contributed by atoms with Gasteiger partial charge in [0, 0.05) is 23.9 Å². The first-order valence-corrected chi connectivity index (χ1v) is 9.34. The molecule has 1 aliphatic rings. The van der Waals surface area contributed by atoms with Gasteiger partial charge in [0.1, 0.15) is 11.3 Å². The summed E-state index contributed by atoms with van der Waals surface area (Å²) in [5, 5.41) is 7.07. The Morgan fingerprint density at radius 1 is 1.29 bits per heavy atom. The third-order valence-electron chi connectivity index (χ3n) is 5.02. The predicted octanol–water partition coefficient (Wildman–Crippen LogP) is 3.90. The number of imidazole rings is 1. The maximum Gasteiger partial charge on any atom is 0.274 e. The van der Waals surface area contributed by atoms with Gasteiger partial charge in [-0.1, -0.05) is 23.4 Å². The average molecular weight is 373 g/mol. The number of aryl methyl sites for hydroxylation is 1. The van der Waals surface area contributed by atoms with Crippen molar-refractivity contribution in [3.63, 3.8) is 0 Å². The Morgan fingerprint density at radius 2 is 2.18 bits per heavy atom. The van der Waals surface area contributed by atoms with Crippen LogP contribution in [0.15, 0.2) is 53.3 Å². The molecule has 7 nitrogen and oxygen atoms in total. The summed E-state index contributed by atoms with van der Waals surface area (Å²) in [6.45, 7) is 1.95. The minimum atomic E-state index is -0.221. The van der Waals surface area contributed by atoms with Crippen LogP contribution in [0.3, 0.4) is 0 Å². The van der Waals surface area contributed by atoms with Crippen molar-refractivity contribution >= 4 is 17.2 Å². The van der Waals surface area contributed by atoms with Gasteiger partial charge in [-0.15, -0.1) is 0 Å². The van der Waals surface area contributed by atoms with Crippen LogP contribution in [0.2, 0.25) is 0 Å². The summed E-state index contributed by atoms with van der Waals surface area (Å²) in [7, 11) is 0. The fourth-order valence-electron chi connectivity index (χ4n) is 3.21. The quantitative estimate of drug-likeness (QED) is 0.573. The zero-order chi connectivity index (χ0) is 19.1. The molecule has 140 valence electrons. The van der Waals surface area contributed by atoms with Crippen molar-refractivity contribution in [3.05, 3.63) is 65.9 Å². The summed E-state index contributed by atoms with van der Waals surface area (Å²) < 4.78 is 7.13. The molecule has 28 heavy (non-hydrogen) atoms. The van der Waals surface area contributed by atoms with Crippen molar-refractivity contribution in [3.8, 4) is 11.4 Å². The van der Waals surface area contributed by atoms with Crippen molar-refractivity contribution in [2.75, 3.05) is 5.32 Å². The van der Waals surface area contributed by atoms with Gasteiger partial charge in [-0.05, 0) is 49.4 Å². The Balaban J connectivity index is 1.41. The third kappa shape index (κ3) is 3.15. The summed E-state index contributed by atoms with van der Waals surface area (Å²) in [5.74, 6) is 1.68. The van der Waals surface area contributed by atoms with Crippen LogP contribution in [0.25, 0.3) is 17.0 Å². The number of nitrogens with zero attached hydrogens (tertiary/aromatic N) is 4. The molecular weight excluding hydrogens is 354 g/mol. The van der Waals surface area contributed by atoms with Gasteiger partial charge in [0.15, 0.2) is 0 Å². The van der Waals surface area contributed by atoms with E-state index in [4.69, 9.17) is 4.52 Å². The molecular formula is C21H19N5O2. The lowest BCUT2D eigenvalue weighted by Crippen LogP contribution is -2.15. The van der Waals surface area contributed by atoms with Gasteiger partial charge in [0.2, 0.25) is 11.7 Å². The van der Waals surface area contributed by atoms with Crippen molar-refractivity contribution in [1.29, 1.82) is 0 Å². The Hall–Kier alpha value is -3.48. The van der Waals surface area contributed by atoms with Gasteiger partial charge in [-0.3, -0.25) is 9.20 Å². The smallest absolute Gasteiger partial charge is 0.274 e. The number of hydrogen-bond donors (Lipinski definition) is 1. The summed E-state index contributed by atoms with van der Waals surface area (Å²) in [6, 6.07) is 11.4. The van der Waals surface area contributed by atoms with Gasteiger partial charge in [-0.25, -0.2) is 4.98 Å². The number of benzene rings is 1. The molecule has 0 aliphatic heterocycles. The van der Waals surface area contributed by atoms with E-state index in [9.17, 15) is 4.79 Å². The summed E-state index contributed by atoms with van der Waals surface area (Å²) in [6.07, 6.45) is 6.72. The second kappa shape index (κ2) is 6.60. The highest BCUT2D eigenvalue weighted by Gasteiger charge is 2.24. The molecule has 0 unspecified atom stereocenters. The minimum absolute atomic E-state index is 0.221. The topological polar surface area (TPSA) is 85.3 Å². The first-order valence-electron chi connectivity index (χ1n) is 9.34. The number of nitrogens with one attached hydrogen (secondary N) is 1. The van der Waals surface area contributed by atoms with Crippen LogP contribution >= 0.6 is 0 Å². The number of anilines is 1. The fraction of sp³-hybridized carbons (Fsp3) is 0.238. The molecule has 7 heteroatoms. The molecule has 0 bridgehead atoms. The SMILES string of the molecule is Cc1ccc(-c2noc(CC3CC3)n2)cc1NC(=O)c1cnc2ccccn12. The van der Waals surface area contributed by atoms with E-state index in [0.29, 0.717) is 29.0 Å². The van der Waals surface area contributed by atoms with Crippen molar-refractivity contribution < 1.29 is 9.32 Å². The number of pyridine rings is 1. The monoisotopic (exact) mass is 373 g/mol. The standard InChI is InChI=1S/C21H19N5O2/c1-13-5-8-15(20-24-19(28-25-20)10-14-6-7-14)11-16(13)23-21(27)17-12-22-18-4-2-3-9-26(17)18/h2-5,8-9,11-12,14H,6-7,10H2,1H3,(H,23,27). The summed E-state index contributed by atoms with van der Waals surface area (Å²) in [4.78, 5) is 21.6. The van der Waals surface area contributed by atoms with E-state index in [1.54, 1.807) is 10.6 Å². The number of rotatable bonds is 5. The van der Waals surface area contributed by atoms with E-state index in [1.807, 2.05) is 49.5 Å². The maximum atomic E-state index is 12.8. The first-order chi connectivity index (χ1) is 13.7. The maximum absolute atomic E-state index is 12.8. The highest BCUT2D eigenvalue weighted by atomic mass is 16.5. The molecule has 1 saturated carbocycles. The van der Waals surface area contributed by atoms with E-state index in [-0.39, 0.29) is 5.91 Å². The molecule has 0 atom stereocenters. The van der Waals surface area contributed by atoms with Crippen LogP contribution in [0.5, 0.6) is 0 Å². The highest BCUT2D eigenvalue weighted by Crippen LogP contribution is 2.32. The van der Waals surface area contributed by atoms with Crippen LogP contribution in [-0.2, 0) is 6.42 Å². The Bertz CT molecular complexity index is 1170. The van der Waals surface area contributed by atoms with Crippen molar-refractivity contribution in [1.82, 2.24) is 19.5 Å². The van der Waals surface area contributed by atoms with Gasteiger partial charge >= 0.3 is 0 Å². The largest absolute Gasteiger partial charge is 0.339 e. The number of aromatic nitrogens is 4. The molecule has 1 aliphatic carbocycles. The van der Waals surface area contributed by atoms with Crippen molar-refractivity contribution in [2.24, 2.45) is 5.92 Å².